The number of thiazole rings is 1. The lowest BCUT2D eigenvalue weighted by atomic mass is 10.1. The summed E-state index contributed by atoms with van der Waals surface area (Å²) < 4.78 is 12.5. The second-order valence-electron chi connectivity index (χ2n) is 7.06. The van der Waals surface area contributed by atoms with Crippen LogP contribution in [-0.4, -0.2) is 27.2 Å². The van der Waals surface area contributed by atoms with Gasteiger partial charge in [0, 0.05) is 6.92 Å². The van der Waals surface area contributed by atoms with Crippen LogP contribution in [0.3, 0.4) is 0 Å². The third-order valence-corrected chi connectivity index (χ3v) is 5.48. The van der Waals surface area contributed by atoms with Gasteiger partial charge in [-0.15, -0.1) is 5.10 Å². The van der Waals surface area contributed by atoms with Gasteiger partial charge in [0.15, 0.2) is 17.3 Å². The Labute approximate surface area is 188 Å². The molecule has 0 N–H and O–H groups in total. The van der Waals surface area contributed by atoms with E-state index in [4.69, 9.17) is 9.47 Å². The summed E-state index contributed by atoms with van der Waals surface area (Å²) in [5.74, 6) is 0.825. The Hall–Kier alpha value is -3.78. The molecule has 0 aliphatic heterocycles. The zero-order valence-electron chi connectivity index (χ0n) is 17.9. The zero-order chi connectivity index (χ0) is 22.7. The quantitative estimate of drug-likeness (QED) is 0.332. The monoisotopic (exact) mass is 447 g/mol. The van der Waals surface area contributed by atoms with E-state index >= 15 is 0 Å². The van der Waals surface area contributed by atoms with E-state index in [-0.39, 0.29) is 5.56 Å². The summed E-state index contributed by atoms with van der Waals surface area (Å²) in [4.78, 5) is 29.0. The van der Waals surface area contributed by atoms with Crippen molar-refractivity contribution in [1.29, 1.82) is 0 Å². The van der Waals surface area contributed by atoms with Crippen molar-refractivity contribution in [3.8, 4) is 11.5 Å². The van der Waals surface area contributed by atoms with Crippen molar-refractivity contribution < 1.29 is 14.3 Å². The SMILES string of the molecule is CCOc1cc(/C=c2\sc3nc(/C=C/c4ccc(C)cc4)nn3c2=O)ccc1OC(C)=O. The van der Waals surface area contributed by atoms with E-state index < -0.39 is 5.97 Å². The minimum Gasteiger partial charge on any atom is -0.490 e. The van der Waals surface area contributed by atoms with Gasteiger partial charge in [0.2, 0.25) is 4.96 Å². The standard InChI is InChI=1S/C24H21N3O4S/c1-4-30-20-13-18(9-11-19(20)31-16(3)28)14-21-23(29)27-24(32-21)25-22(26-27)12-10-17-7-5-15(2)6-8-17/h5-14H,4H2,1-3H3/b12-10+,21-14-. The Morgan fingerprint density at radius 3 is 2.53 bits per heavy atom. The van der Waals surface area contributed by atoms with Gasteiger partial charge >= 0.3 is 5.97 Å². The number of esters is 1. The lowest BCUT2D eigenvalue weighted by Gasteiger charge is -2.10. The fourth-order valence-corrected chi connectivity index (χ4v) is 3.96. The van der Waals surface area contributed by atoms with E-state index in [1.54, 1.807) is 30.4 Å². The summed E-state index contributed by atoms with van der Waals surface area (Å²) >= 11 is 1.26. The summed E-state index contributed by atoms with van der Waals surface area (Å²) in [5.41, 5.74) is 2.73. The van der Waals surface area contributed by atoms with Crippen LogP contribution in [0, 0.1) is 6.92 Å². The van der Waals surface area contributed by atoms with Crippen molar-refractivity contribution in [2.75, 3.05) is 6.61 Å². The van der Waals surface area contributed by atoms with Gasteiger partial charge in [-0.1, -0.05) is 53.3 Å². The second-order valence-corrected chi connectivity index (χ2v) is 8.07. The number of carbonyl (C=O) groups is 1. The maximum Gasteiger partial charge on any atom is 0.308 e. The van der Waals surface area contributed by atoms with Gasteiger partial charge in [0.1, 0.15) is 0 Å². The Balaban J connectivity index is 1.64. The molecule has 2 aromatic carbocycles. The second kappa shape index (κ2) is 9.15. The van der Waals surface area contributed by atoms with Crippen LogP contribution in [0.15, 0.2) is 47.3 Å². The van der Waals surface area contributed by atoms with Crippen LogP contribution >= 0.6 is 11.3 Å². The number of nitrogens with zero attached hydrogens (tertiary/aromatic N) is 3. The number of fused-ring (bicyclic) bond motifs is 1. The molecular weight excluding hydrogens is 426 g/mol. The van der Waals surface area contributed by atoms with E-state index in [0.29, 0.717) is 33.4 Å². The molecule has 2 heterocycles. The van der Waals surface area contributed by atoms with Crippen LogP contribution in [0.5, 0.6) is 11.5 Å². The molecule has 0 radical (unpaired) electrons. The highest BCUT2D eigenvalue weighted by molar-refractivity contribution is 7.15. The number of carbonyl (C=O) groups excluding carboxylic acids is 1. The molecule has 0 saturated heterocycles. The van der Waals surface area contributed by atoms with Gasteiger partial charge in [-0.3, -0.25) is 9.59 Å². The third kappa shape index (κ3) is 4.76. The maximum absolute atomic E-state index is 12.8. The Kier molecular flexibility index (Phi) is 6.13. The van der Waals surface area contributed by atoms with Gasteiger partial charge in [-0.05, 0) is 49.3 Å². The van der Waals surface area contributed by atoms with E-state index in [0.717, 1.165) is 11.1 Å². The lowest BCUT2D eigenvalue weighted by Crippen LogP contribution is -2.23. The molecule has 7 nitrogen and oxygen atoms in total. The predicted molar refractivity (Wildman–Crippen MR) is 125 cm³/mol. The highest BCUT2D eigenvalue weighted by atomic mass is 32.1. The van der Waals surface area contributed by atoms with Crippen molar-refractivity contribution in [2.24, 2.45) is 0 Å². The average Bonchev–Trinajstić information content (AvgIpc) is 3.28. The molecule has 0 amide bonds. The number of hydrogen-bond acceptors (Lipinski definition) is 7. The van der Waals surface area contributed by atoms with E-state index in [2.05, 4.69) is 10.1 Å². The molecule has 162 valence electrons. The van der Waals surface area contributed by atoms with Crippen LogP contribution in [0.25, 0.3) is 23.2 Å². The van der Waals surface area contributed by atoms with Crippen molar-refractivity contribution in [2.45, 2.75) is 20.8 Å². The molecule has 4 rings (SSSR count). The predicted octanol–water partition coefficient (Wildman–Crippen LogP) is 3.50. The van der Waals surface area contributed by atoms with Crippen LogP contribution in [0.4, 0.5) is 0 Å². The minimum atomic E-state index is -0.428. The molecule has 0 atom stereocenters. The third-order valence-electron chi connectivity index (χ3n) is 4.52. The highest BCUT2D eigenvalue weighted by Gasteiger charge is 2.11. The van der Waals surface area contributed by atoms with Crippen LogP contribution < -0.4 is 19.6 Å². The first-order valence-corrected chi connectivity index (χ1v) is 10.9. The fraction of sp³-hybridized carbons (Fsp3) is 0.167. The Morgan fingerprint density at radius 2 is 1.84 bits per heavy atom. The number of hydrogen-bond donors (Lipinski definition) is 0. The Bertz CT molecular complexity index is 1420. The van der Waals surface area contributed by atoms with Crippen LogP contribution in [0.1, 0.15) is 36.4 Å². The zero-order valence-corrected chi connectivity index (χ0v) is 18.7. The largest absolute Gasteiger partial charge is 0.490 e. The highest BCUT2D eigenvalue weighted by Crippen LogP contribution is 2.29. The molecular formula is C24H21N3O4S. The van der Waals surface area contributed by atoms with Gasteiger partial charge < -0.3 is 9.47 Å². The van der Waals surface area contributed by atoms with E-state index in [1.807, 2.05) is 44.2 Å². The topological polar surface area (TPSA) is 82.8 Å². The molecule has 2 aromatic heterocycles. The van der Waals surface area contributed by atoms with Gasteiger partial charge in [0.05, 0.1) is 11.1 Å². The average molecular weight is 448 g/mol. The summed E-state index contributed by atoms with van der Waals surface area (Å²) in [6.45, 7) is 5.63. The first-order chi connectivity index (χ1) is 15.4. The molecule has 0 aliphatic rings. The van der Waals surface area contributed by atoms with Crippen LogP contribution in [-0.2, 0) is 4.79 Å². The minimum absolute atomic E-state index is 0.241. The number of aromatic nitrogens is 3. The van der Waals surface area contributed by atoms with Crippen LogP contribution in [0.2, 0.25) is 0 Å². The molecule has 32 heavy (non-hydrogen) atoms. The number of rotatable bonds is 6. The smallest absolute Gasteiger partial charge is 0.308 e. The summed E-state index contributed by atoms with van der Waals surface area (Å²) in [5, 5.41) is 4.32. The Morgan fingerprint density at radius 1 is 1.09 bits per heavy atom. The van der Waals surface area contributed by atoms with Gasteiger partial charge in [0.25, 0.3) is 5.56 Å². The fourth-order valence-electron chi connectivity index (χ4n) is 3.04. The molecule has 8 heteroatoms. The molecule has 0 unspecified atom stereocenters. The first-order valence-electron chi connectivity index (χ1n) is 10.0. The van der Waals surface area contributed by atoms with E-state index in [9.17, 15) is 9.59 Å². The summed E-state index contributed by atoms with van der Waals surface area (Å²) in [6, 6.07) is 13.2. The molecule has 0 spiro atoms. The number of ether oxygens (including phenoxy) is 2. The molecule has 0 saturated carbocycles. The first kappa shape index (κ1) is 21.5. The molecule has 0 fully saturated rings. The number of benzene rings is 2. The van der Waals surface area contributed by atoms with Gasteiger partial charge in [-0.25, -0.2) is 0 Å². The van der Waals surface area contributed by atoms with Crippen molar-refractivity contribution in [3.05, 3.63) is 79.9 Å². The lowest BCUT2D eigenvalue weighted by molar-refractivity contribution is -0.132. The van der Waals surface area contributed by atoms with E-state index in [1.165, 1.54) is 28.3 Å². The maximum atomic E-state index is 12.8. The molecule has 0 bridgehead atoms. The number of aryl methyl sites for hydroxylation is 1. The van der Waals surface area contributed by atoms with Crippen molar-refractivity contribution >= 4 is 40.5 Å². The summed E-state index contributed by atoms with van der Waals surface area (Å²) in [6.07, 6.45) is 5.44. The van der Waals surface area contributed by atoms with Crippen molar-refractivity contribution in [3.63, 3.8) is 0 Å². The van der Waals surface area contributed by atoms with Gasteiger partial charge in [-0.2, -0.15) is 9.50 Å². The normalized spacial score (nSPS) is 12.0. The summed E-state index contributed by atoms with van der Waals surface area (Å²) in [7, 11) is 0. The molecule has 0 aliphatic carbocycles. The van der Waals surface area contributed by atoms with Crippen molar-refractivity contribution in [1.82, 2.24) is 14.6 Å². The molecule has 4 aromatic rings.